The highest BCUT2D eigenvalue weighted by Gasteiger charge is 2.36. The summed E-state index contributed by atoms with van der Waals surface area (Å²) in [5, 5.41) is 20.6. The SMILES string of the molecule is Cc1cccc(CN=C(CCCCc2ccc(OCc3cccc(Cl)c3)cc2)C2=C(O)C(CO)OC2=O)c1. The molecule has 1 aliphatic rings. The molecule has 0 spiro atoms. The van der Waals surface area contributed by atoms with E-state index in [4.69, 9.17) is 21.1 Å². The largest absolute Gasteiger partial charge is 0.507 e. The van der Waals surface area contributed by atoms with Crippen LogP contribution in [0.15, 0.2) is 89.1 Å². The molecule has 2 N–H and O–H groups in total. The van der Waals surface area contributed by atoms with Gasteiger partial charge < -0.3 is 19.7 Å². The maximum absolute atomic E-state index is 12.5. The number of hydrogen-bond acceptors (Lipinski definition) is 6. The van der Waals surface area contributed by atoms with Crippen LogP contribution in [-0.4, -0.2) is 34.6 Å². The van der Waals surface area contributed by atoms with Crippen molar-refractivity contribution in [2.45, 2.75) is 51.9 Å². The lowest BCUT2D eigenvalue weighted by molar-refractivity contribution is -0.141. The first kappa shape index (κ1) is 27.4. The van der Waals surface area contributed by atoms with Crippen LogP contribution in [0, 0.1) is 6.92 Å². The first-order valence-electron chi connectivity index (χ1n) is 12.7. The second-order valence-electron chi connectivity index (χ2n) is 9.36. The van der Waals surface area contributed by atoms with Gasteiger partial charge in [-0.05, 0) is 73.6 Å². The fraction of sp³-hybridized carbons (Fsp3) is 0.290. The average Bonchev–Trinajstić information content (AvgIpc) is 3.20. The molecule has 7 heteroatoms. The third kappa shape index (κ3) is 7.46. The number of halogens is 1. The molecule has 1 aliphatic heterocycles. The van der Waals surface area contributed by atoms with Crippen LogP contribution >= 0.6 is 11.6 Å². The summed E-state index contributed by atoms with van der Waals surface area (Å²) in [7, 11) is 0. The standard InChI is InChI=1S/C31H32ClNO5/c1-21-6-4-8-23(16-21)18-33-27(29-30(35)28(19-34)38-31(29)36)11-3-2-7-22-12-14-26(15-13-22)37-20-24-9-5-10-25(32)17-24/h4-6,8-10,12-17,28,34-35H,2-3,7,11,18-20H2,1H3. The molecule has 0 aliphatic carbocycles. The van der Waals surface area contributed by atoms with E-state index >= 15 is 0 Å². The van der Waals surface area contributed by atoms with Crippen molar-refractivity contribution in [2.75, 3.05) is 6.61 Å². The van der Waals surface area contributed by atoms with Crippen molar-refractivity contribution in [1.82, 2.24) is 0 Å². The van der Waals surface area contributed by atoms with E-state index in [9.17, 15) is 15.0 Å². The van der Waals surface area contributed by atoms with Crippen LogP contribution in [0.5, 0.6) is 5.75 Å². The molecular formula is C31H32ClNO5. The van der Waals surface area contributed by atoms with Crippen molar-refractivity contribution in [2.24, 2.45) is 4.99 Å². The van der Waals surface area contributed by atoms with Crippen molar-refractivity contribution < 1.29 is 24.5 Å². The van der Waals surface area contributed by atoms with Gasteiger partial charge in [-0.25, -0.2) is 4.79 Å². The van der Waals surface area contributed by atoms with Crippen LogP contribution in [-0.2, 0) is 29.1 Å². The number of aryl methyl sites for hydroxylation is 2. The number of aliphatic hydroxyl groups excluding tert-OH is 2. The van der Waals surface area contributed by atoms with Gasteiger partial charge >= 0.3 is 5.97 Å². The molecule has 0 bridgehead atoms. The van der Waals surface area contributed by atoms with Crippen molar-refractivity contribution in [3.8, 4) is 5.75 Å². The fourth-order valence-corrected chi connectivity index (χ4v) is 4.56. The third-order valence-electron chi connectivity index (χ3n) is 6.35. The summed E-state index contributed by atoms with van der Waals surface area (Å²) in [6.07, 6.45) is 1.99. The Hall–Kier alpha value is -3.61. The topological polar surface area (TPSA) is 88.3 Å². The molecule has 0 aromatic heterocycles. The molecule has 3 aromatic carbocycles. The molecule has 6 nitrogen and oxygen atoms in total. The summed E-state index contributed by atoms with van der Waals surface area (Å²) in [4.78, 5) is 17.1. The van der Waals surface area contributed by atoms with E-state index in [2.05, 4.69) is 17.1 Å². The van der Waals surface area contributed by atoms with Gasteiger partial charge in [0, 0.05) is 5.02 Å². The van der Waals surface area contributed by atoms with Gasteiger partial charge in [-0.3, -0.25) is 4.99 Å². The summed E-state index contributed by atoms with van der Waals surface area (Å²) in [5.74, 6) is -0.0911. The molecule has 4 rings (SSSR count). The number of nitrogens with zero attached hydrogens (tertiary/aromatic N) is 1. The monoisotopic (exact) mass is 533 g/mol. The zero-order chi connectivity index (χ0) is 26.9. The predicted molar refractivity (Wildman–Crippen MR) is 149 cm³/mol. The van der Waals surface area contributed by atoms with Gasteiger partial charge in [0.2, 0.25) is 0 Å². The number of rotatable bonds is 12. The molecule has 0 saturated heterocycles. The zero-order valence-electron chi connectivity index (χ0n) is 21.4. The highest BCUT2D eigenvalue weighted by molar-refractivity contribution is 6.30. The Labute approximate surface area is 228 Å². The smallest absolute Gasteiger partial charge is 0.344 e. The van der Waals surface area contributed by atoms with E-state index < -0.39 is 18.7 Å². The Balaban J connectivity index is 1.34. The van der Waals surface area contributed by atoms with E-state index in [1.165, 1.54) is 5.56 Å². The molecular weight excluding hydrogens is 502 g/mol. The Kier molecular flexibility index (Phi) is 9.57. The number of hydrogen-bond donors (Lipinski definition) is 2. The lowest BCUT2D eigenvalue weighted by Crippen LogP contribution is -2.15. The molecule has 1 unspecified atom stereocenters. The average molecular weight is 534 g/mol. The minimum Gasteiger partial charge on any atom is -0.507 e. The van der Waals surface area contributed by atoms with Gasteiger partial charge in [-0.1, -0.05) is 65.7 Å². The van der Waals surface area contributed by atoms with Gasteiger partial charge in [-0.15, -0.1) is 0 Å². The summed E-state index contributed by atoms with van der Waals surface area (Å²) in [6.45, 7) is 2.39. The lowest BCUT2D eigenvalue weighted by atomic mass is 10.0. The van der Waals surface area contributed by atoms with E-state index in [1.807, 2.05) is 67.6 Å². The fourth-order valence-electron chi connectivity index (χ4n) is 4.35. The first-order chi connectivity index (χ1) is 18.4. The summed E-state index contributed by atoms with van der Waals surface area (Å²) in [6, 6.07) is 23.6. The lowest BCUT2D eigenvalue weighted by Gasteiger charge is -2.09. The van der Waals surface area contributed by atoms with Crippen molar-refractivity contribution in [1.29, 1.82) is 0 Å². The zero-order valence-corrected chi connectivity index (χ0v) is 22.2. The molecule has 0 amide bonds. The Morgan fingerprint density at radius 2 is 1.76 bits per heavy atom. The number of cyclic esters (lactones) is 1. The van der Waals surface area contributed by atoms with Gasteiger partial charge in [0.15, 0.2) is 11.9 Å². The van der Waals surface area contributed by atoms with Gasteiger partial charge in [0.05, 0.1) is 18.9 Å². The minimum atomic E-state index is -1.03. The number of carbonyl (C=O) groups is 1. The maximum Gasteiger partial charge on any atom is 0.344 e. The van der Waals surface area contributed by atoms with Gasteiger partial charge in [-0.2, -0.15) is 0 Å². The third-order valence-corrected chi connectivity index (χ3v) is 6.59. The number of esters is 1. The van der Waals surface area contributed by atoms with Crippen LogP contribution in [0.1, 0.15) is 41.5 Å². The summed E-state index contributed by atoms with van der Waals surface area (Å²) in [5.41, 5.74) is 4.93. The van der Waals surface area contributed by atoms with Crippen LogP contribution in [0.2, 0.25) is 5.02 Å². The molecule has 198 valence electrons. The van der Waals surface area contributed by atoms with Gasteiger partial charge in [0.25, 0.3) is 0 Å². The predicted octanol–water partition coefficient (Wildman–Crippen LogP) is 6.31. The highest BCUT2D eigenvalue weighted by atomic mass is 35.5. The number of aliphatic imine (C=N–C) groups is 1. The van der Waals surface area contributed by atoms with E-state index in [0.29, 0.717) is 30.3 Å². The molecule has 1 atom stereocenters. The Morgan fingerprint density at radius 3 is 2.47 bits per heavy atom. The minimum absolute atomic E-state index is 0.0814. The normalized spacial score (nSPS) is 15.6. The van der Waals surface area contributed by atoms with Crippen molar-refractivity contribution in [3.05, 3.63) is 111 Å². The van der Waals surface area contributed by atoms with E-state index in [1.54, 1.807) is 0 Å². The molecule has 38 heavy (non-hydrogen) atoms. The second kappa shape index (κ2) is 13.3. The first-order valence-corrected chi connectivity index (χ1v) is 13.1. The van der Waals surface area contributed by atoms with E-state index in [-0.39, 0.29) is 11.3 Å². The molecule has 3 aromatic rings. The van der Waals surface area contributed by atoms with Crippen LogP contribution < -0.4 is 4.74 Å². The Bertz CT molecular complexity index is 1320. The van der Waals surface area contributed by atoms with Crippen molar-refractivity contribution in [3.63, 3.8) is 0 Å². The number of carbonyl (C=O) groups excluding carboxylic acids is 1. The Morgan fingerprint density at radius 1 is 1.00 bits per heavy atom. The van der Waals surface area contributed by atoms with Crippen LogP contribution in [0.25, 0.3) is 0 Å². The quantitative estimate of drug-likeness (QED) is 0.162. The summed E-state index contributed by atoms with van der Waals surface area (Å²) >= 11 is 6.03. The number of unbranched alkanes of at least 4 members (excludes halogenated alkanes) is 1. The molecule has 0 fully saturated rings. The molecule has 0 radical (unpaired) electrons. The van der Waals surface area contributed by atoms with Crippen LogP contribution in [0.4, 0.5) is 0 Å². The van der Waals surface area contributed by atoms with Crippen LogP contribution in [0.3, 0.4) is 0 Å². The second-order valence-corrected chi connectivity index (χ2v) is 9.79. The van der Waals surface area contributed by atoms with Gasteiger partial charge in [0.1, 0.15) is 17.9 Å². The number of ether oxygens (including phenoxy) is 2. The number of aliphatic hydroxyl groups is 2. The number of benzene rings is 3. The van der Waals surface area contributed by atoms with Crippen molar-refractivity contribution >= 4 is 23.3 Å². The summed E-state index contributed by atoms with van der Waals surface area (Å²) < 4.78 is 11.0. The maximum atomic E-state index is 12.5. The molecule has 0 saturated carbocycles. The highest BCUT2D eigenvalue weighted by Crippen LogP contribution is 2.25. The molecule has 1 heterocycles. The van der Waals surface area contributed by atoms with E-state index in [0.717, 1.165) is 41.7 Å².